The highest BCUT2D eigenvalue weighted by Crippen LogP contribution is 2.17. The molecule has 0 spiro atoms. The summed E-state index contributed by atoms with van der Waals surface area (Å²) in [4.78, 5) is 20.3. The Bertz CT molecular complexity index is 555. The molecule has 1 aromatic rings. The van der Waals surface area contributed by atoms with Gasteiger partial charge in [-0.2, -0.15) is 0 Å². The van der Waals surface area contributed by atoms with Gasteiger partial charge in [0.2, 0.25) is 5.91 Å². The molecule has 0 radical (unpaired) electrons. The van der Waals surface area contributed by atoms with Crippen LogP contribution in [0.1, 0.15) is 50.0 Å². The van der Waals surface area contributed by atoms with Crippen molar-refractivity contribution >= 4 is 23.2 Å². The van der Waals surface area contributed by atoms with Crippen molar-refractivity contribution in [2.45, 2.75) is 59.0 Å². The van der Waals surface area contributed by atoms with Crippen LogP contribution in [0, 0.1) is 6.92 Å². The summed E-state index contributed by atoms with van der Waals surface area (Å²) < 4.78 is 0. The zero-order chi connectivity index (χ0) is 17.4. The number of carbonyl (C=O) groups excluding carboxylic acids is 1. The fraction of sp³-hybridized carbons (Fsp3) is 0.667. The van der Waals surface area contributed by atoms with Gasteiger partial charge in [-0.1, -0.05) is 0 Å². The number of hydrogen-bond acceptors (Lipinski definition) is 3. The third kappa shape index (κ3) is 5.51. The van der Waals surface area contributed by atoms with Crippen LogP contribution in [0.15, 0.2) is 16.4 Å². The minimum Gasteiger partial charge on any atom is -0.357 e. The smallest absolute Gasteiger partial charge is 0.224 e. The molecule has 134 valence electrons. The van der Waals surface area contributed by atoms with E-state index < -0.39 is 0 Å². The number of piperidine rings is 1. The fourth-order valence-corrected chi connectivity index (χ4v) is 3.79. The number of carbonyl (C=O) groups is 1. The zero-order valence-corrected chi connectivity index (χ0v) is 15.9. The molecular weight excluding hydrogens is 320 g/mol. The Morgan fingerprint density at radius 2 is 2.25 bits per heavy atom. The van der Waals surface area contributed by atoms with Crippen LogP contribution in [0.3, 0.4) is 0 Å². The molecule has 1 aromatic heterocycles. The predicted octanol–water partition coefficient (Wildman–Crippen LogP) is 2.90. The average Bonchev–Trinajstić information content (AvgIpc) is 2.98. The van der Waals surface area contributed by atoms with Gasteiger partial charge in [0, 0.05) is 37.0 Å². The van der Waals surface area contributed by atoms with E-state index in [0.29, 0.717) is 25.6 Å². The number of rotatable bonds is 6. The summed E-state index contributed by atoms with van der Waals surface area (Å²) in [7, 11) is 0. The Hall–Kier alpha value is -1.56. The first-order valence-corrected chi connectivity index (χ1v) is 9.84. The average molecular weight is 351 g/mol. The Morgan fingerprint density at radius 1 is 1.42 bits per heavy atom. The van der Waals surface area contributed by atoms with Crippen LogP contribution in [-0.2, 0) is 11.3 Å². The van der Waals surface area contributed by atoms with Crippen LogP contribution < -0.4 is 10.6 Å². The van der Waals surface area contributed by atoms with Crippen LogP contribution >= 0.6 is 11.3 Å². The summed E-state index contributed by atoms with van der Waals surface area (Å²) in [6.45, 7) is 9.33. The quantitative estimate of drug-likeness (QED) is 0.613. The number of likely N-dealkylation sites (tertiary alicyclic amines) is 1. The number of nitrogens with zero attached hydrogens (tertiary/aromatic N) is 2. The lowest BCUT2D eigenvalue weighted by Gasteiger charge is -2.33. The molecule has 1 aliphatic rings. The van der Waals surface area contributed by atoms with Crippen molar-refractivity contribution in [3.63, 3.8) is 0 Å². The molecule has 2 rings (SSSR count). The molecule has 2 heterocycles. The topological polar surface area (TPSA) is 56.7 Å². The third-order valence-electron chi connectivity index (χ3n) is 4.45. The van der Waals surface area contributed by atoms with Gasteiger partial charge in [-0.05, 0) is 57.0 Å². The number of aryl methyl sites for hydroxylation is 1. The molecule has 1 fully saturated rings. The summed E-state index contributed by atoms with van der Waals surface area (Å²) in [6.07, 6.45) is 4.02. The normalized spacial score (nSPS) is 18.5. The molecule has 1 atom stereocenters. The highest BCUT2D eigenvalue weighted by Gasteiger charge is 2.22. The maximum absolute atomic E-state index is 12.4. The monoisotopic (exact) mass is 350 g/mol. The second kappa shape index (κ2) is 9.67. The van der Waals surface area contributed by atoms with Gasteiger partial charge in [0.15, 0.2) is 5.96 Å². The summed E-state index contributed by atoms with van der Waals surface area (Å²) >= 11 is 1.73. The molecule has 0 aliphatic carbocycles. The minimum absolute atomic E-state index is 0.250. The number of guanidine groups is 1. The van der Waals surface area contributed by atoms with Gasteiger partial charge in [-0.25, -0.2) is 4.99 Å². The largest absolute Gasteiger partial charge is 0.357 e. The van der Waals surface area contributed by atoms with E-state index in [4.69, 9.17) is 0 Å². The third-order valence-corrected chi connectivity index (χ3v) is 5.46. The van der Waals surface area contributed by atoms with Crippen molar-refractivity contribution in [3.8, 4) is 0 Å². The van der Waals surface area contributed by atoms with E-state index in [9.17, 15) is 4.79 Å². The maximum atomic E-state index is 12.4. The minimum atomic E-state index is 0.250. The van der Waals surface area contributed by atoms with Gasteiger partial charge < -0.3 is 15.5 Å². The highest BCUT2D eigenvalue weighted by atomic mass is 32.1. The van der Waals surface area contributed by atoms with Crippen LogP contribution in [0.25, 0.3) is 0 Å². The van der Waals surface area contributed by atoms with E-state index in [1.165, 1.54) is 16.9 Å². The first-order chi connectivity index (χ1) is 11.6. The lowest BCUT2D eigenvalue weighted by molar-refractivity contribution is -0.134. The predicted molar refractivity (Wildman–Crippen MR) is 102 cm³/mol. The molecule has 6 heteroatoms. The van der Waals surface area contributed by atoms with Crippen molar-refractivity contribution in [2.24, 2.45) is 4.99 Å². The summed E-state index contributed by atoms with van der Waals surface area (Å²) in [6, 6.07) is 2.50. The molecular formula is C18H30N4OS. The van der Waals surface area contributed by atoms with Crippen molar-refractivity contribution in [1.29, 1.82) is 0 Å². The number of amides is 1. The van der Waals surface area contributed by atoms with Gasteiger partial charge in [0.25, 0.3) is 0 Å². The van der Waals surface area contributed by atoms with Crippen molar-refractivity contribution in [1.82, 2.24) is 15.5 Å². The summed E-state index contributed by atoms with van der Waals surface area (Å²) in [5.74, 6) is 1.03. The Morgan fingerprint density at radius 3 is 2.92 bits per heavy atom. The van der Waals surface area contributed by atoms with Crippen LogP contribution in [0.2, 0.25) is 0 Å². The Balaban J connectivity index is 1.80. The summed E-state index contributed by atoms with van der Waals surface area (Å²) in [5.41, 5.74) is 1.29. The number of nitrogens with one attached hydrogen (secondary N) is 2. The highest BCUT2D eigenvalue weighted by molar-refractivity contribution is 7.10. The summed E-state index contributed by atoms with van der Waals surface area (Å²) in [5, 5.41) is 8.62. The number of thiophene rings is 1. The second-order valence-corrected chi connectivity index (χ2v) is 7.33. The Labute approximate surface area is 149 Å². The number of hydrogen-bond donors (Lipinski definition) is 2. The van der Waals surface area contributed by atoms with Gasteiger partial charge in [0.05, 0.1) is 6.54 Å². The lowest BCUT2D eigenvalue weighted by atomic mass is 10.0. The number of aliphatic imine (C=N–C) groups is 1. The molecule has 1 aliphatic heterocycles. The van der Waals surface area contributed by atoms with E-state index in [1.807, 2.05) is 11.8 Å². The van der Waals surface area contributed by atoms with E-state index in [0.717, 1.165) is 31.9 Å². The molecule has 0 saturated carbocycles. The van der Waals surface area contributed by atoms with Crippen molar-refractivity contribution < 1.29 is 4.79 Å². The lowest BCUT2D eigenvalue weighted by Crippen LogP contribution is -2.44. The van der Waals surface area contributed by atoms with E-state index in [1.54, 1.807) is 11.3 Å². The van der Waals surface area contributed by atoms with E-state index >= 15 is 0 Å². The molecule has 0 bridgehead atoms. The maximum Gasteiger partial charge on any atom is 0.224 e. The zero-order valence-electron chi connectivity index (χ0n) is 15.1. The molecule has 24 heavy (non-hydrogen) atoms. The van der Waals surface area contributed by atoms with Crippen LogP contribution in [0.4, 0.5) is 0 Å². The fourth-order valence-electron chi connectivity index (χ4n) is 2.96. The van der Waals surface area contributed by atoms with Crippen molar-refractivity contribution in [2.75, 3.05) is 19.6 Å². The van der Waals surface area contributed by atoms with Gasteiger partial charge >= 0.3 is 0 Å². The molecule has 2 N–H and O–H groups in total. The Kier molecular flexibility index (Phi) is 7.56. The first kappa shape index (κ1) is 18.8. The van der Waals surface area contributed by atoms with Gasteiger partial charge in [-0.15, -0.1) is 11.3 Å². The standard InChI is InChI=1S/C18H30N4OS/c1-4-19-18(21-13-16-14(2)9-12-24-16)20-10-8-17(23)22-11-6-5-7-15(22)3/h9,12,15H,4-8,10-11,13H2,1-3H3,(H2,19,20,21). The second-order valence-electron chi connectivity index (χ2n) is 6.33. The van der Waals surface area contributed by atoms with Gasteiger partial charge in [0.1, 0.15) is 0 Å². The first-order valence-electron chi connectivity index (χ1n) is 8.96. The molecule has 1 amide bonds. The SMILES string of the molecule is CCNC(=NCc1sccc1C)NCCC(=O)N1CCCCC1C. The molecule has 0 aromatic carbocycles. The van der Waals surface area contributed by atoms with Crippen molar-refractivity contribution in [3.05, 3.63) is 21.9 Å². The van der Waals surface area contributed by atoms with E-state index in [2.05, 4.69) is 40.9 Å². The van der Waals surface area contributed by atoms with E-state index in [-0.39, 0.29) is 5.91 Å². The van der Waals surface area contributed by atoms with Crippen LogP contribution in [-0.4, -0.2) is 42.4 Å². The van der Waals surface area contributed by atoms with Gasteiger partial charge in [-0.3, -0.25) is 4.79 Å². The van der Waals surface area contributed by atoms with Crippen LogP contribution in [0.5, 0.6) is 0 Å². The molecule has 5 nitrogen and oxygen atoms in total. The molecule has 1 saturated heterocycles. The molecule has 1 unspecified atom stereocenters.